The van der Waals surface area contributed by atoms with Gasteiger partial charge in [0.15, 0.2) is 0 Å². The van der Waals surface area contributed by atoms with Crippen LogP contribution in [0.15, 0.2) is 24.3 Å². The summed E-state index contributed by atoms with van der Waals surface area (Å²) in [5, 5.41) is 0. The molecule has 1 aromatic rings. The van der Waals surface area contributed by atoms with Crippen LogP contribution < -0.4 is 4.74 Å². The van der Waals surface area contributed by atoms with E-state index in [1.807, 2.05) is 24.3 Å². The number of alkyl halides is 2. The van der Waals surface area contributed by atoms with Gasteiger partial charge in [0.05, 0.1) is 13.2 Å². The van der Waals surface area contributed by atoms with Gasteiger partial charge in [-0.1, -0.05) is 12.1 Å². The maximum Gasteiger partial charge on any atom is 0.220 e. The minimum Gasteiger partial charge on any atom is -0.497 e. The van der Waals surface area contributed by atoms with E-state index >= 15 is 0 Å². The highest BCUT2D eigenvalue weighted by Crippen LogP contribution is 2.16. The number of carbonyl (C=O) groups is 1. The van der Waals surface area contributed by atoms with Crippen LogP contribution in [0.1, 0.15) is 12.5 Å². The van der Waals surface area contributed by atoms with Crippen molar-refractivity contribution in [2.24, 2.45) is 0 Å². The third-order valence-electron chi connectivity index (χ3n) is 2.69. The zero-order chi connectivity index (χ0) is 13.5. The lowest BCUT2D eigenvalue weighted by Gasteiger charge is -2.28. The van der Waals surface area contributed by atoms with E-state index in [1.165, 1.54) is 6.92 Å². The highest BCUT2D eigenvalue weighted by Gasteiger charge is 2.19. The summed E-state index contributed by atoms with van der Waals surface area (Å²) in [7, 11) is 1.61. The number of halogens is 2. The van der Waals surface area contributed by atoms with Gasteiger partial charge >= 0.3 is 0 Å². The second-order valence-corrected chi connectivity index (χ2v) is 4.58. The van der Waals surface area contributed by atoms with E-state index in [0.717, 1.165) is 11.3 Å². The van der Waals surface area contributed by atoms with Crippen molar-refractivity contribution in [2.45, 2.75) is 19.5 Å². The smallest absolute Gasteiger partial charge is 0.220 e. The second-order valence-electron chi connectivity index (χ2n) is 3.96. The van der Waals surface area contributed by atoms with Gasteiger partial charge in [0.25, 0.3) is 0 Å². The average Bonchev–Trinajstić information content (AvgIpc) is 2.39. The number of ether oxygens (including phenoxy) is 1. The third kappa shape index (κ3) is 4.07. The molecule has 0 unspecified atom stereocenters. The highest BCUT2D eigenvalue weighted by molar-refractivity contribution is 6.21. The normalized spacial score (nSPS) is 10.5. The zero-order valence-corrected chi connectivity index (χ0v) is 12.0. The predicted octanol–water partition coefficient (Wildman–Crippen LogP) is 2.89. The number of benzene rings is 1. The summed E-state index contributed by atoms with van der Waals surface area (Å²) in [6, 6.07) is 7.44. The number of hydrogen-bond acceptors (Lipinski definition) is 2. The fourth-order valence-corrected chi connectivity index (χ4v) is 2.34. The second kappa shape index (κ2) is 7.49. The summed E-state index contributed by atoms with van der Waals surface area (Å²) in [5.41, 5.74) is 0.991. The first kappa shape index (κ1) is 15.1. The molecule has 1 rings (SSSR count). The standard InChI is InChI=1S/C13H17Cl2NO2/c1-10(17)16(12(7-14)8-15)9-11-4-3-5-13(6-11)18-2/h3-6,12H,7-9H2,1-2H3. The predicted molar refractivity (Wildman–Crippen MR) is 74.4 cm³/mol. The largest absolute Gasteiger partial charge is 0.497 e. The minimum atomic E-state index is -0.156. The fourth-order valence-electron chi connectivity index (χ4n) is 1.67. The molecule has 1 aromatic carbocycles. The Hall–Kier alpha value is -0.930. The van der Waals surface area contributed by atoms with Crippen molar-refractivity contribution in [3.05, 3.63) is 29.8 Å². The van der Waals surface area contributed by atoms with E-state index in [1.54, 1.807) is 12.0 Å². The van der Waals surface area contributed by atoms with Crippen molar-refractivity contribution in [3.63, 3.8) is 0 Å². The van der Waals surface area contributed by atoms with E-state index in [2.05, 4.69) is 0 Å². The highest BCUT2D eigenvalue weighted by atomic mass is 35.5. The van der Waals surface area contributed by atoms with Gasteiger partial charge in [-0.3, -0.25) is 4.79 Å². The van der Waals surface area contributed by atoms with Crippen molar-refractivity contribution >= 4 is 29.1 Å². The zero-order valence-electron chi connectivity index (χ0n) is 10.5. The molecule has 5 heteroatoms. The maximum atomic E-state index is 11.6. The van der Waals surface area contributed by atoms with E-state index in [9.17, 15) is 4.79 Å². The summed E-state index contributed by atoms with van der Waals surface area (Å²) in [6.45, 7) is 2.00. The van der Waals surface area contributed by atoms with Gasteiger partial charge in [0.2, 0.25) is 5.91 Å². The molecular weight excluding hydrogens is 273 g/mol. The van der Waals surface area contributed by atoms with Crippen LogP contribution in [0.25, 0.3) is 0 Å². The SMILES string of the molecule is COc1cccc(CN(C(C)=O)C(CCl)CCl)c1. The van der Waals surface area contributed by atoms with Crippen LogP contribution in [0.5, 0.6) is 5.75 Å². The third-order valence-corrected chi connectivity index (χ3v) is 3.40. The van der Waals surface area contributed by atoms with Crippen LogP contribution in [-0.2, 0) is 11.3 Å². The molecule has 0 aliphatic heterocycles. The van der Waals surface area contributed by atoms with Gasteiger partial charge < -0.3 is 9.64 Å². The first-order valence-electron chi connectivity index (χ1n) is 5.64. The maximum absolute atomic E-state index is 11.6. The summed E-state index contributed by atoms with van der Waals surface area (Å²) >= 11 is 11.7. The number of rotatable bonds is 6. The van der Waals surface area contributed by atoms with E-state index in [4.69, 9.17) is 27.9 Å². The van der Waals surface area contributed by atoms with Gasteiger partial charge in [-0.05, 0) is 17.7 Å². The molecule has 3 nitrogen and oxygen atoms in total. The molecule has 0 N–H and O–H groups in total. The van der Waals surface area contributed by atoms with Crippen LogP contribution in [0.4, 0.5) is 0 Å². The summed E-state index contributed by atoms with van der Waals surface area (Å²) in [5.74, 6) is 1.38. The number of carbonyl (C=O) groups excluding carboxylic acids is 1. The molecule has 0 radical (unpaired) electrons. The van der Waals surface area contributed by atoms with Crippen LogP contribution >= 0.6 is 23.2 Å². The lowest BCUT2D eigenvalue weighted by molar-refractivity contribution is -0.131. The Morgan fingerprint density at radius 1 is 1.39 bits per heavy atom. The lowest BCUT2D eigenvalue weighted by Crippen LogP contribution is -2.40. The Labute approximate surface area is 118 Å². The van der Waals surface area contributed by atoms with Crippen molar-refractivity contribution in [2.75, 3.05) is 18.9 Å². The minimum absolute atomic E-state index is 0.0379. The molecule has 0 aliphatic rings. The molecule has 18 heavy (non-hydrogen) atoms. The van der Waals surface area contributed by atoms with Crippen LogP contribution in [0.2, 0.25) is 0 Å². The molecule has 0 saturated carbocycles. The first-order chi connectivity index (χ1) is 8.62. The van der Waals surface area contributed by atoms with E-state index < -0.39 is 0 Å². The van der Waals surface area contributed by atoms with Crippen molar-refractivity contribution in [1.29, 1.82) is 0 Å². The molecule has 0 aliphatic carbocycles. The molecule has 0 atom stereocenters. The van der Waals surface area contributed by atoms with Gasteiger partial charge in [0.1, 0.15) is 5.75 Å². The monoisotopic (exact) mass is 289 g/mol. The number of nitrogens with zero attached hydrogens (tertiary/aromatic N) is 1. The molecular formula is C13H17Cl2NO2. The Morgan fingerprint density at radius 2 is 2.06 bits per heavy atom. The van der Waals surface area contributed by atoms with Crippen molar-refractivity contribution in [1.82, 2.24) is 4.90 Å². The molecule has 0 spiro atoms. The Morgan fingerprint density at radius 3 is 2.56 bits per heavy atom. The van der Waals surface area contributed by atoms with E-state index in [-0.39, 0.29) is 11.9 Å². The molecule has 0 aromatic heterocycles. The Bertz CT molecular complexity index is 394. The summed E-state index contributed by atoms with van der Waals surface area (Å²) in [4.78, 5) is 13.3. The number of hydrogen-bond donors (Lipinski definition) is 0. The van der Waals surface area contributed by atoms with Gasteiger partial charge in [0, 0.05) is 25.2 Å². The molecule has 100 valence electrons. The molecule has 0 fully saturated rings. The molecule has 0 bridgehead atoms. The van der Waals surface area contributed by atoms with Crippen molar-refractivity contribution < 1.29 is 9.53 Å². The molecule has 1 amide bonds. The van der Waals surface area contributed by atoms with Gasteiger partial charge in [-0.15, -0.1) is 23.2 Å². The van der Waals surface area contributed by atoms with Gasteiger partial charge in [-0.2, -0.15) is 0 Å². The molecule has 0 heterocycles. The Balaban J connectivity index is 2.85. The van der Waals surface area contributed by atoms with Crippen molar-refractivity contribution in [3.8, 4) is 5.75 Å². The molecule has 0 saturated heterocycles. The van der Waals surface area contributed by atoms with E-state index in [0.29, 0.717) is 18.3 Å². The average molecular weight is 290 g/mol. The number of amides is 1. The first-order valence-corrected chi connectivity index (χ1v) is 6.71. The quantitative estimate of drug-likeness (QED) is 0.754. The number of methoxy groups -OCH3 is 1. The topological polar surface area (TPSA) is 29.5 Å². The van der Waals surface area contributed by atoms with Gasteiger partial charge in [-0.25, -0.2) is 0 Å². The van der Waals surface area contributed by atoms with Crippen LogP contribution in [0.3, 0.4) is 0 Å². The lowest BCUT2D eigenvalue weighted by atomic mass is 10.1. The van der Waals surface area contributed by atoms with Crippen LogP contribution in [-0.4, -0.2) is 35.7 Å². The summed E-state index contributed by atoms with van der Waals surface area (Å²) < 4.78 is 5.15. The Kier molecular flexibility index (Phi) is 6.30. The fraction of sp³-hybridized carbons (Fsp3) is 0.462. The summed E-state index contributed by atoms with van der Waals surface area (Å²) in [6.07, 6.45) is 0. The van der Waals surface area contributed by atoms with Crippen LogP contribution in [0, 0.1) is 0 Å².